The van der Waals surface area contributed by atoms with E-state index in [9.17, 15) is 0 Å². The van der Waals surface area contributed by atoms with Crippen LogP contribution in [0.5, 0.6) is 11.5 Å². The molecule has 20 heavy (non-hydrogen) atoms. The fraction of sp³-hybridized carbons (Fsp3) is 0.133. The summed E-state index contributed by atoms with van der Waals surface area (Å²) in [4.78, 5) is 0. The van der Waals surface area contributed by atoms with Gasteiger partial charge in [0, 0.05) is 0 Å². The molecule has 0 amide bonds. The zero-order valence-corrected chi connectivity index (χ0v) is 12.8. The van der Waals surface area contributed by atoms with Gasteiger partial charge in [-0.2, -0.15) is 5.10 Å². The molecule has 0 saturated heterocycles. The summed E-state index contributed by atoms with van der Waals surface area (Å²) in [6, 6.07) is 13.5. The predicted molar refractivity (Wildman–Crippen MR) is 84.9 cm³/mol. The molecule has 2 rings (SSSR count). The Morgan fingerprint density at radius 2 is 1.85 bits per heavy atom. The smallest absolute Gasteiger partial charge is 0.174 e. The SMILES string of the molecule is COc1cc(/C=N\Nc2ccccc2)cc(Br)c1OC. The molecule has 0 unspecified atom stereocenters. The minimum atomic E-state index is 0.656. The van der Waals surface area contributed by atoms with Crippen molar-refractivity contribution in [1.29, 1.82) is 0 Å². The van der Waals surface area contributed by atoms with Gasteiger partial charge in [-0.3, -0.25) is 5.43 Å². The van der Waals surface area contributed by atoms with Crippen LogP contribution in [0.1, 0.15) is 5.56 Å². The highest BCUT2D eigenvalue weighted by molar-refractivity contribution is 9.10. The van der Waals surface area contributed by atoms with Crippen LogP contribution in [-0.4, -0.2) is 20.4 Å². The van der Waals surface area contributed by atoms with Gasteiger partial charge in [0.25, 0.3) is 0 Å². The van der Waals surface area contributed by atoms with Crippen LogP contribution in [0.2, 0.25) is 0 Å². The molecular weight excluding hydrogens is 320 g/mol. The topological polar surface area (TPSA) is 42.8 Å². The molecule has 1 N–H and O–H groups in total. The molecule has 104 valence electrons. The highest BCUT2D eigenvalue weighted by Crippen LogP contribution is 2.35. The van der Waals surface area contributed by atoms with Gasteiger partial charge in [0.1, 0.15) is 0 Å². The Bertz CT molecular complexity index is 600. The molecule has 0 atom stereocenters. The normalized spacial score (nSPS) is 10.6. The van der Waals surface area contributed by atoms with Crippen LogP contribution in [0.3, 0.4) is 0 Å². The third-order valence-corrected chi connectivity index (χ3v) is 3.23. The molecule has 0 aliphatic rings. The molecule has 2 aromatic rings. The number of nitrogens with zero attached hydrogens (tertiary/aromatic N) is 1. The molecule has 0 aromatic heterocycles. The van der Waals surface area contributed by atoms with Crippen LogP contribution in [0.15, 0.2) is 52.0 Å². The number of anilines is 1. The zero-order valence-electron chi connectivity index (χ0n) is 11.3. The number of hydrogen-bond acceptors (Lipinski definition) is 4. The van der Waals surface area contributed by atoms with Gasteiger partial charge in [-0.05, 0) is 45.8 Å². The first kappa shape index (κ1) is 14.4. The van der Waals surface area contributed by atoms with Crippen LogP contribution in [0, 0.1) is 0 Å². The lowest BCUT2D eigenvalue weighted by atomic mass is 10.2. The van der Waals surface area contributed by atoms with Crippen LogP contribution in [-0.2, 0) is 0 Å². The second kappa shape index (κ2) is 6.96. The molecule has 0 aliphatic heterocycles. The second-order valence-electron chi connectivity index (χ2n) is 3.97. The molecule has 0 heterocycles. The first-order valence-corrected chi connectivity index (χ1v) is 6.79. The Kier molecular flexibility index (Phi) is 5.01. The van der Waals surface area contributed by atoms with Crippen molar-refractivity contribution in [2.75, 3.05) is 19.6 Å². The highest BCUT2D eigenvalue weighted by atomic mass is 79.9. The maximum absolute atomic E-state index is 5.29. The van der Waals surface area contributed by atoms with Crippen molar-refractivity contribution in [2.45, 2.75) is 0 Å². The Hall–Kier alpha value is -2.01. The summed E-state index contributed by atoms with van der Waals surface area (Å²) in [5.41, 5.74) is 4.80. The molecule has 0 aliphatic carbocycles. The number of halogens is 1. The van der Waals surface area contributed by atoms with Crippen molar-refractivity contribution < 1.29 is 9.47 Å². The largest absolute Gasteiger partial charge is 0.493 e. The molecule has 0 spiro atoms. The number of nitrogens with one attached hydrogen (secondary N) is 1. The predicted octanol–water partition coefficient (Wildman–Crippen LogP) is 3.91. The molecule has 2 aromatic carbocycles. The van der Waals surface area contributed by atoms with E-state index in [0.717, 1.165) is 15.7 Å². The Labute approximate surface area is 126 Å². The van der Waals surface area contributed by atoms with Gasteiger partial charge < -0.3 is 9.47 Å². The minimum Gasteiger partial charge on any atom is -0.493 e. The van der Waals surface area contributed by atoms with E-state index in [2.05, 4.69) is 26.5 Å². The van der Waals surface area contributed by atoms with Crippen LogP contribution < -0.4 is 14.9 Å². The molecule has 0 fully saturated rings. The van der Waals surface area contributed by atoms with Gasteiger partial charge in [-0.15, -0.1) is 0 Å². The first-order valence-electron chi connectivity index (χ1n) is 6.00. The number of benzene rings is 2. The summed E-state index contributed by atoms with van der Waals surface area (Å²) in [7, 11) is 3.21. The third kappa shape index (κ3) is 3.51. The lowest BCUT2D eigenvalue weighted by Gasteiger charge is -2.10. The summed E-state index contributed by atoms with van der Waals surface area (Å²) in [5.74, 6) is 1.32. The van der Waals surface area contributed by atoms with Crippen LogP contribution in [0.25, 0.3) is 0 Å². The van der Waals surface area contributed by atoms with Gasteiger partial charge in [0.2, 0.25) is 0 Å². The Balaban J connectivity index is 2.15. The van der Waals surface area contributed by atoms with Gasteiger partial charge in [0.05, 0.1) is 30.6 Å². The maximum atomic E-state index is 5.29. The van der Waals surface area contributed by atoms with Crippen molar-refractivity contribution in [3.63, 3.8) is 0 Å². The molecule has 0 saturated carbocycles. The van der Waals surface area contributed by atoms with Crippen molar-refractivity contribution in [3.05, 3.63) is 52.5 Å². The van der Waals surface area contributed by atoms with E-state index in [1.165, 1.54) is 0 Å². The average Bonchev–Trinajstić information content (AvgIpc) is 2.47. The van der Waals surface area contributed by atoms with Crippen molar-refractivity contribution in [1.82, 2.24) is 0 Å². The molecule has 0 radical (unpaired) electrons. The zero-order chi connectivity index (χ0) is 14.4. The number of para-hydroxylation sites is 1. The summed E-state index contributed by atoms with van der Waals surface area (Å²) >= 11 is 3.45. The number of methoxy groups -OCH3 is 2. The number of rotatable bonds is 5. The third-order valence-electron chi connectivity index (χ3n) is 2.64. The summed E-state index contributed by atoms with van der Waals surface area (Å²) in [6.45, 7) is 0. The van der Waals surface area contributed by atoms with E-state index < -0.39 is 0 Å². The average molecular weight is 335 g/mol. The Morgan fingerprint density at radius 1 is 1.10 bits per heavy atom. The lowest BCUT2D eigenvalue weighted by Crippen LogP contribution is -1.95. The molecular formula is C15H15BrN2O2. The standard InChI is InChI=1S/C15H15BrN2O2/c1-19-14-9-11(8-13(16)15(14)20-2)10-17-18-12-6-4-3-5-7-12/h3-10,18H,1-2H3/b17-10-. The van der Waals surface area contributed by atoms with Crippen molar-refractivity contribution >= 4 is 27.8 Å². The fourth-order valence-electron chi connectivity index (χ4n) is 1.71. The summed E-state index contributed by atoms with van der Waals surface area (Å²) in [6.07, 6.45) is 1.72. The number of hydrogen-bond donors (Lipinski definition) is 1. The van der Waals surface area contributed by atoms with Crippen molar-refractivity contribution in [2.24, 2.45) is 5.10 Å². The highest BCUT2D eigenvalue weighted by Gasteiger charge is 2.09. The maximum Gasteiger partial charge on any atom is 0.174 e. The van der Waals surface area contributed by atoms with E-state index >= 15 is 0 Å². The fourth-order valence-corrected chi connectivity index (χ4v) is 2.33. The van der Waals surface area contributed by atoms with Crippen molar-refractivity contribution in [3.8, 4) is 11.5 Å². The molecule has 5 heteroatoms. The Morgan fingerprint density at radius 3 is 2.50 bits per heavy atom. The molecule has 4 nitrogen and oxygen atoms in total. The number of ether oxygens (including phenoxy) is 2. The van der Waals surface area contributed by atoms with E-state index in [1.807, 2.05) is 42.5 Å². The van der Waals surface area contributed by atoms with Crippen LogP contribution >= 0.6 is 15.9 Å². The minimum absolute atomic E-state index is 0.656. The first-order chi connectivity index (χ1) is 9.74. The monoisotopic (exact) mass is 334 g/mol. The van der Waals surface area contributed by atoms with Gasteiger partial charge in [-0.1, -0.05) is 18.2 Å². The van der Waals surface area contributed by atoms with Gasteiger partial charge >= 0.3 is 0 Å². The van der Waals surface area contributed by atoms with E-state index in [-0.39, 0.29) is 0 Å². The van der Waals surface area contributed by atoms with Gasteiger partial charge in [0.15, 0.2) is 11.5 Å². The quantitative estimate of drug-likeness (QED) is 0.665. The lowest BCUT2D eigenvalue weighted by molar-refractivity contribution is 0.353. The molecule has 0 bridgehead atoms. The summed E-state index contributed by atoms with van der Waals surface area (Å²) < 4.78 is 11.4. The van der Waals surface area contributed by atoms with Gasteiger partial charge in [-0.25, -0.2) is 0 Å². The van der Waals surface area contributed by atoms with E-state index in [0.29, 0.717) is 11.5 Å². The van der Waals surface area contributed by atoms with Crippen LogP contribution in [0.4, 0.5) is 5.69 Å². The van der Waals surface area contributed by atoms with E-state index in [1.54, 1.807) is 20.4 Å². The van der Waals surface area contributed by atoms with E-state index in [4.69, 9.17) is 9.47 Å². The second-order valence-corrected chi connectivity index (χ2v) is 4.83. The number of hydrazone groups is 1. The summed E-state index contributed by atoms with van der Waals surface area (Å²) in [5, 5.41) is 4.19.